The minimum Gasteiger partial charge on any atom is -0.492 e. The van der Waals surface area contributed by atoms with Crippen LogP contribution in [0, 0.1) is 0 Å². The Bertz CT molecular complexity index is 735. The summed E-state index contributed by atoms with van der Waals surface area (Å²) in [5.74, 6) is 1.39. The summed E-state index contributed by atoms with van der Waals surface area (Å²) in [4.78, 5) is 0. The monoisotopic (exact) mass is 514 g/mol. The van der Waals surface area contributed by atoms with Crippen LogP contribution in [0.1, 0.15) is 12.8 Å². The molecule has 2 unspecified atom stereocenters. The summed E-state index contributed by atoms with van der Waals surface area (Å²) in [6, 6.07) is 3.72. The smallest absolute Gasteiger partial charge is 0.174 e. The Hall–Kier alpha value is -1.76. The van der Waals surface area contributed by atoms with E-state index < -0.39 is 11.3 Å². The Kier molecular flexibility index (Phi) is 6.86. The van der Waals surface area contributed by atoms with Crippen molar-refractivity contribution in [2.45, 2.75) is 24.2 Å². The summed E-state index contributed by atoms with van der Waals surface area (Å²) in [6.07, 6.45) is 4.54. The second kappa shape index (κ2) is 9.16. The predicted molar refractivity (Wildman–Crippen MR) is 112 cm³/mol. The number of hydrogen-bond acceptors (Lipinski definition) is 10. The van der Waals surface area contributed by atoms with Crippen LogP contribution in [-0.2, 0) is 0 Å². The zero-order valence-corrected chi connectivity index (χ0v) is 18.6. The molecule has 0 aromatic heterocycles. The molecule has 0 saturated carbocycles. The lowest BCUT2D eigenvalue weighted by Gasteiger charge is -2.21. The van der Waals surface area contributed by atoms with E-state index in [4.69, 9.17) is 9.47 Å². The summed E-state index contributed by atoms with van der Waals surface area (Å²) < 4.78 is 13.4. The lowest BCUT2D eigenvalue weighted by atomic mass is 10.1. The maximum atomic E-state index is 5.89. The number of rotatable bonds is 10. The van der Waals surface area contributed by atoms with Gasteiger partial charge in [-0.2, -0.15) is 0 Å². The van der Waals surface area contributed by atoms with Gasteiger partial charge in [0.05, 0.1) is 34.6 Å². The molecule has 0 saturated heterocycles. The first kappa shape index (κ1) is 21.0. The van der Waals surface area contributed by atoms with Crippen molar-refractivity contribution in [1.82, 2.24) is 10.6 Å². The summed E-state index contributed by atoms with van der Waals surface area (Å²) in [5.41, 5.74) is -1.20. The van der Waals surface area contributed by atoms with E-state index >= 15 is 0 Å². The molecule has 2 atom stereocenters. The Labute approximate surface area is 179 Å². The molecular formula is C16H20Br2N8O2. The van der Waals surface area contributed by atoms with Gasteiger partial charge in [-0.3, -0.25) is 10.6 Å². The number of nitrogens with one attached hydrogen (secondary N) is 2. The van der Waals surface area contributed by atoms with Gasteiger partial charge in [-0.15, -0.1) is 20.4 Å². The Morgan fingerprint density at radius 3 is 1.57 bits per heavy atom. The van der Waals surface area contributed by atoms with Crippen LogP contribution in [0.5, 0.6) is 11.5 Å². The molecule has 0 amide bonds. The minimum atomic E-state index is -0.600. The van der Waals surface area contributed by atoms with Gasteiger partial charge in [0.25, 0.3) is 0 Å². The molecule has 2 heterocycles. The molecule has 0 radical (unpaired) electrons. The molecule has 1 aromatic carbocycles. The largest absolute Gasteiger partial charge is 0.492 e. The van der Waals surface area contributed by atoms with Crippen LogP contribution in [0.15, 0.2) is 52.0 Å². The van der Waals surface area contributed by atoms with Crippen LogP contribution in [0.2, 0.25) is 0 Å². The third-order valence-corrected chi connectivity index (χ3v) is 5.67. The molecule has 0 fully saturated rings. The second-order valence-electron chi connectivity index (χ2n) is 6.13. The fourth-order valence-electron chi connectivity index (χ4n) is 2.58. The second-order valence-corrected chi connectivity index (χ2v) is 7.84. The average Bonchev–Trinajstić information content (AvgIpc) is 3.36. The molecular weight excluding hydrogens is 496 g/mol. The van der Waals surface area contributed by atoms with Gasteiger partial charge in [0.15, 0.2) is 11.3 Å². The van der Waals surface area contributed by atoms with Crippen LogP contribution >= 0.6 is 31.9 Å². The van der Waals surface area contributed by atoms with Crippen molar-refractivity contribution in [3.05, 3.63) is 21.1 Å². The SMILES string of the molecule is CNC1(CCOc2cc(Br)c(OCCC3(NC)C=NN=N3)cc2Br)C=NN=N1. The molecule has 28 heavy (non-hydrogen) atoms. The van der Waals surface area contributed by atoms with Crippen molar-refractivity contribution in [1.29, 1.82) is 0 Å². The van der Waals surface area contributed by atoms with Crippen molar-refractivity contribution in [3.8, 4) is 11.5 Å². The van der Waals surface area contributed by atoms with Gasteiger partial charge in [-0.1, -0.05) is 0 Å². The first-order valence-electron chi connectivity index (χ1n) is 8.57. The Balaban J connectivity index is 1.55. The lowest BCUT2D eigenvalue weighted by Crippen LogP contribution is -2.42. The first-order chi connectivity index (χ1) is 13.5. The highest BCUT2D eigenvalue weighted by atomic mass is 79.9. The molecule has 1 aromatic rings. The number of hydrogen-bond donors (Lipinski definition) is 2. The van der Waals surface area contributed by atoms with Crippen LogP contribution < -0.4 is 20.1 Å². The lowest BCUT2D eigenvalue weighted by molar-refractivity contribution is 0.265. The molecule has 10 nitrogen and oxygen atoms in total. The summed E-state index contributed by atoms with van der Waals surface area (Å²) in [5, 5.41) is 29.3. The molecule has 12 heteroatoms. The number of benzene rings is 1. The topological polar surface area (TPSA) is 117 Å². The highest BCUT2D eigenvalue weighted by molar-refractivity contribution is 9.11. The van der Waals surface area contributed by atoms with Gasteiger partial charge < -0.3 is 9.47 Å². The number of nitrogens with zero attached hydrogens (tertiary/aromatic N) is 6. The zero-order valence-electron chi connectivity index (χ0n) is 15.4. The van der Waals surface area contributed by atoms with Gasteiger partial charge in [-0.05, 0) is 68.5 Å². The molecule has 3 rings (SSSR count). The third-order valence-electron chi connectivity index (χ3n) is 4.43. The van der Waals surface area contributed by atoms with Crippen LogP contribution in [0.4, 0.5) is 0 Å². The van der Waals surface area contributed by atoms with Gasteiger partial charge in [0, 0.05) is 12.8 Å². The van der Waals surface area contributed by atoms with Gasteiger partial charge in [0.2, 0.25) is 0 Å². The average molecular weight is 516 g/mol. The fraction of sp³-hybridized carbons (Fsp3) is 0.500. The van der Waals surface area contributed by atoms with E-state index in [0.717, 1.165) is 8.95 Å². The molecule has 2 aliphatic heterocycles. The standard InChI is InChI=1S/C16H20Br2N8O2/c1-19-15(9-21-25-23-15)3-5-27-13-7-12(18)14(8-11(13)17)28-6-4-16(20-2)10-22-26-24-16/h7-10,19-20H,3-6H2,1-2H3. The van der Waals surface area contributed by atoms with Crippen LogP contribution in [-0.4, -0.2) is 51.1 Å². The van der Waals surface area contributed by atoms with E-state index in [1.165, 1.54) is 0 Å². The van der Waals surface area contributed by atoms with Gasteiger partial charge in [-0.25, -0.2) is 0 Å². The molecule has 2 aliphatic rings. The Morgan fingerprint density at radius 1 is 0.821 bits per heavy atom. The van der Waals surface area contributed by atoms with E-state index in [9.17, 15) is 0 Å². The first-order valence-corrected chi connectivity index (χ1v) is 10.2. The highest BCUT2D eigenvalue weighted by Gasteiger charge is 2.30. The maximum Gasteiger partial charge on any atom is 0.174 e. The van der Waals surface area contributed by atoms with E-state index in [1.54, 1.807) is 12.4 Å². The van der Waals surface area contributed by atoms with Gasteiger partial charge >= 0.3 is 0 Å². The summed E-state index contributed by atoms with van der Waals surface area (Å²) >= 11 is 7.06. The molecule has 2 N–H and O–H groups in total. The van der Waals surface area contributed by atoms with Crippen molar-refractivity contribution < 1.29 is 9.47 Å². The van der Waals surface area contributed by atoms with E-state index in [-0.39, 0.29) is 0 Å². The highest BCUT2D eigenvalue weighted by Crippen LogP contribution is 2.36. The van der Waals surface area contributed by atoms with Crippen molar-refractivity contribution in [3.63, 3.8) is 0 Å². The third kappa shape index (κ3) is 4.80. The number of halogens is 2. The zero-order chi connectivity index (χ0) is 20.0. The summed E-state index contributed by atoms with van der Waals surface area (Å²) in [6.45, 7) is 0.873. The van der Waals surface area contributed by atoms with E-state index in [2.05, 4.69) is 73.4 Å². The molecule has 0 bridgehead atoms. The summed E-state index contributed by atoms with van der Waals surface area (Å²) in [7, 11) is 3.62. The Morgan fingerprint density at radius 2 is 1.25 bits per heavy atom. The number of ether oxygens (including phenoxy) is 2. The molecule has 150 valence electrons. The van der Waals surface area contributed by atoms with Crippen molar-refractivity contribution in [2.24, 2.45) is 30.9 Å². The maximum absolute atomic E-state index is 5.89. The molecule has 0 spiro atoms. The van der Waals surface area contributed by atoms with Crippen molar-refractivity contribution in [2.75, 3.05) is 27.3 Å². The van der Waals surface area contributed by atoms with E-state index in [0.29, 0.717) is 37.6 Å². The van der Waals surface area contributed by atoms with Crippen LogP contribution in [0.25, 0.3) is 0 Å². The van der Waals surface area contributed by atoms with Gasteiger partial charge in [0.1, 0.15) is 11.5 Å². The fourth-order valence-corrected chi connectivity index (χ4v) is 3.45. The van der Waals surface area contributed by atoms with E-state index in [1.807, 2.05) is 26.2 Å². The van der Waals surface area contributed by atoms with Crippen LogP contribution in [0.3, 0.4) is 0 Å². The molecule has 0 aliphatic carbocycles. The van der Waals surface area contributed by atoms with Crippen molar-refractivity contribution >= 4 is 44.3 Å². The minimum absolute atomic E-state index is 0.437. The normalized spacial score (nSPS) is 25.0. The predicted octanol–water partition coefficient (Wildman–Crippen LogP) is 3.48. The quantitative estimate of drug-likeness (QED) is 0.496.